The molecule has 0 saturated heterocycles. The number of rotatable bonds is 9. The first-order chi connectivity index (χ1) is 13.1. The molecule has 7 nitrogen and oxygen atoms in total. The van der Waals surface area contributed by atoms with Crippen LogP contribution in [0.4, 0.5) is 5.69 Å². The van der Waals surface area contributed by atoms with Gasteiger partial charge in [-0.05, 0) is 53.4 Å². The molecule has 2 aromatic carbocycles. The Bertz CT molecular complexity index is 889. The molecule has 0 radical (unpaired) electrons. The van der Waals surface area contributed by atoms with Crippen molar-refractivity contribution in [2.45, 2.75) is 12.8 Å². The highest BCUT2D eigenvalue weighted by atomic mass is 16.5. The van der Waals surface area contributed by atoms with E-state index in [2.05, 4.69) is 5.18 Å². The molecule has 0 atom stereocenters. The van der Waals surface area contributed by atoms with Gasteiger partial charge in [0.15, 0.2) is 29.8 Å². The van der Waals surface area contributed by atoms with Gasteiger partial charge < -0.3 is 14.6 Å². The highest BCUT2D eigenvalue weighted by Crippen LogP contribution is 2.32. The average molecular weight is 369 g/mol. The van der Waals surface area contributed by atoms with Crippen LogP contribution in [0.5, 0.6) is 17.2 Å². The molecule has 27 heavy (non-hydrogen) atoms. The summed E-state index contributed by atoms with van der Waals surface area (Å²) < 4.78 is 10.2. The second kappa shape index (κ2) is 9.28. The van der Waals surface area contributed by atoms with Crippen LogP contribution in [0, 0.1) is 4.91 Å². The van der Waals surface area contributed by atoms with Crippen molar-refractivity contribution in [1.29, 1.82) is 0 Å². The molecule has 0 aliphatic heterocycles. The number of ether oxygens (including phenoxy) is 2. The number of benzene rings is 2. The topological polar surface area (TPSA) is 102 Å². The van der Waals surface area contributed by atoms with Gasteiger partial charge in [0.05, 0.1) is 19.8 Å². The Morgan fingerprint density at radius 2 is 1.41 bits per heavy atom. The van der Waals surface area contributed by atoms with Crippen LogP contribution in [0.2, 0.25) is 0 Å². The van der Waals surface area contributed by atoms with Crippen molar-refractivity contribution in [3.8, 4) is 17.2 Å². The minimum absolute atomic E-state index is 0.0159. The standard InChI is InChI=1S/C20H19NO6/c1-26-17-9-13(7-15(11-22)19(17)21-25)5-3-4-6-14-8-16(12-23)20(24)18(10-14)27-2/h3-4,7-12,24H,5-6H2,1-2H3/b4-3+. The van der Waals surface area contributed by atoms with Crippen LogP contribution < -0.4 is 9.47 Å². The van der Waals surface area contributed by atoms with E-state index in [4.69, 9.17) is 9.47 Å². The van der Waals surface area contributed by atoms with Crippen LogP contribution in [-0.4, -0.2) is 31.9 Å². The van der Waals surface area contributed by atoms with Crippen molar-refractivity contribution in [1.82, 2.24) is 0 Å². The van der Waals surface area contributed by atoms with Crippen LogP contribution >= 0.6 is 0 Å². The van der Waals surface area contributed by atoms with Crippen molar-refractivity contribution in [3.05, 3.63) is 63.6 Å². The molecule has 0 aromatic heterocycles. The number of hydrogen-bond donors (Lipinski definition) is 1. The summed E-state index contributed by atoms with van der Waals surface area (Å²) in [6, 6.07) is 6.49. The molecule has 0 unspecified atom stereocenters. The number of methoxy groups -OCH3 is 2. The average Bonchev–Trinajstić information content (AvgIpc) is 2.70. The lowest BCUT2D eigenvalue weighted by atomic mass is 10.0. The van der Waals surface area contributed by atoms with Gasteiger partial charge in [-0.25, -0.2) is 0 Å². The van der Waals surface area contributed by atoms with Crippen LogP contribution in [0.15, 0.2) is 41.6 Å². The Hall–Kier alpha value is -3.48. The summed E-state index contributed by atoms with van der Waals surface area (Å²) in [7, 11) is 2.82. The van der Waals surface area contributed by atoms with E-state index >= 15 is 0 Å². The number of phenolic OH excluding ortho intramolecular Hbond substituents is 1. The molecule has 0 aliphatic carbocycles. The fraction of sp³-hybridized carbons (Fsp3) is 0.200. The van der Waals surface area contributed by atoms with Gasteiger partial charge in [-0.15, -0.1) is 4.91 Å². The molecule has 0 saturated carbocycles. The lowest BCUT2D eigenvalue weighted by Gasteiger charge is -2.08. The molecular weight excluding hydrogens is 350 g/mol. The third-order valence-electron chi connectivity index (χ3n) is 3.99. The Kier molecular flexibility index (Phi) is 6.82. The summed E-state index contributed by atoms with van der Waals surface area (Å²) in [6.45, 7) is 0. The third-order valence-corrected chi connectivity index (χ3v) is 3.99. The molecule has 0 spiro atoms. The predicted molar refractivity (Wildman–Crippen MR) is 100 cm³/mol. The first-order valence-electron chi connectivity index (χ1n) is 8.07. The molecule has 0 fully saturated rings. The minimum atomic E-state index is -0.183. The van der Waals surface area contributed by atoms with Crippen LogP contribution in [0.25, 0.3) is 0 Å². The maximum Gasteiger partial charge on any atom is 0.168 e. The van der Waals surface area contributed by atoms with Gasteiger partial charge in [0.25, 0.3) is 0 Å². The van der Waals surface area contributed by atoms with Gasteiger partial charge in [-0.2, -0.15) is 0 Å². The number of nitroso groups, excluding NO2 is 1. The fourth-order valence-electron chi connectivity index (χ4n) is 2.64. The third kappa shape index (κ3) is 4.58. The molecule has 2 rings (SSSR count). The maximum absolute atomic E-state index is 11.1. The molecule has 7 heteroatoms. The lowest BCUT2D eigenvalue weighted by molar-refractivity contribution is 0.111. The van der Waals surface area contributed by atoms with Gasteiger partial charge in [-0.3, -0.25) is 9.59 Å². The zero-order valence-electron chi connectivity index (χ0n) is 15.0. The largest absolute Gasteiger partial charge is 0.504 e. The SMILES string of the molecule is COc1cc(C/C=C/Cc2cc(C=O)c(N=O)c(OC)c2)cc(C=O)c1O. The van der Waals surface area contributed by atoms with Crippen LogP contribution in [0.1, 0.15) is 31.8 Å². The molecule has 0 heterocycles. The summed E-state index contributed by atoms with van der Waals surface area (Å²) in [5.74, 6) is 0.301. The van der Waals surface area contributed by atoms with Crippen LogP contribution in [-0.2, 0) is 12.8 Å². The number of carbonyl (C=O) groups is 2. The van der Waals surface area contributed by atoms with Crippen molar-refractivity contribution >= 4 is 18.3 Å². The first kappa shape index (κ1) is 19.8. The Morgan fingerprint density at radius 1 is 0.889 bits per heavy atom. The van der Waals surface area contributed by atoms with E-state index < -0.39 is 0 Å². The number of nitrogens with zero attached hydrogens (tertiary/aromatic N) is 1. The second-order valence-electron chi connectivity index (χ2n) is 5.68. The molecule has 2 aromatic rings. The maximum atomic E-state index is 11.1. The quantitative estimate of drug-likeness (QED) is 0.410. The van der Waals surface area contributed by atoms with E-state index in [9.17, 15) is 19.6 Å². The Morgan fingerprint density at radius 3 is 1.89 bits per heavy atom. The van der Waals surface area contributed by atoms with E-state index in [1.54, 1.807) is 24.3 Å². The second-order valence-corrected chi connectivity index (χ2v) is 5.68. The van der Waals surface area contributed by atoms with E-state index in [-0.39, 0.29) is 34.1 Å². The zero-order valence-corrected chi connectivity index (χ0v) is 15.0. The predicted octanol–water partition coefficient (Wildman–Crippen LogP) is 3.77. The lowest BCUT2D eigenvalue weighted by Crippen LogP contribution is -1.93. The van der Waals surface area contributed by atoms with Crippen molar-refractivity contribution in [2.75, 3.05) is 14.2 Å². The van der Waals surface area contributed by atoms with Gasteiger partial charge in [0.1, 0.15) is 5.75 Å². The van der Waals surface area contributed by atoms with Gasteiger partial charge in [-0.1, -0.05) is 12.2 Å². The summed E-state index contributed by atoms with van der Waals surface area (Å²) in [4.78, 5) is 33.0. The number of allylic oxidation sites excluding steroid dienone is 2. The first-order valence-corrected chi connectivity index (χ1v) is 8.07. The van der Waals surface area contributed by atoms with E-state index in [0.29, 0.717) is 25.4 Å². The van der Waals surface area contributed by atoms with Gasteiger partial charge in [0, 0.05) is 5.56 Å². The minimum Gasteiger partial charge on any atom is -0.504 e. The number of aldehydes is 2. The van der Waals surface area contributed by atoms with Gasteiger partial charge in [0.2, 0.25) is 0 Å². The fourth-order valence-corrected chi connectivity index (χ4v) is 2.64. The number of phenols is 1. The number of hydrogen-bond acceptors (Lipinski definition) is 7. The normalized spacial score (nSPS) is 10.6. The molecular formula is C20H19NO6. The summed E-state index contributed by atoms with van der Waals surface area (Å²) >= 11 is 0. The monoisotopic (exact) mass is 369 g/mol. The number of carbonyl (C=O) groups excluding carboxylic acids is 2. The zero-order chi connectivity index (χ0) is 19.8. The highest BCUT2D eigenvalue weighted by molar-refractivity contribution is 5.86. The Balaban J connectivity index is 2.16. The van der Waals surface area contributed by atoms with E-state index in [1.807, 2.05) is 12.2 Å². The van der Waals surface area contributed by atoms with E-state index in [1.165, 1.54) is 14.2 Å². The van der Waals surface area contributed by atoms with Crippen molar-refractivity contribution in [3.63, 3.8) is 0 Å². The highest BCUT2D eigenvalue weighted by Gasteiger charge is 2.12. The Labute approximate surface area is 156 Å². The summed E-state index contributed by atoms with van der Waals surface area (Å²) in [5, 5.41) is 12.7. The molecule has 1 N–H and O–H groups in total. The van der Waals surface area contributed by atoms with Crippen molar-refractivity contribution in [2.24, 2.45) is 5.18 Å². The van der Waals surface area contributed by atoms with E-state index in [0.717, 1.165) is 11.1 Å². The molecule has 0 bridgehead atoms. The smallest absolute Gasteiger partial charge is 0.168 e. The summed E-state index contributed by atoms with van der Waals surface area (Å²) in [5.41, 5.74) is 1.91. The van der Waals surface area contributed by atoms with Crippen molar-refractivity contribution < 1.29 is 24.2 Å². The van der Waals surface area contributed by atoms with Gasteiger partial charge >= 0.3 is 0 Å². The summed E-state index contributed by atoms with van der Waals surface area (Å²) in [6.07, 6.45) is 5.93. The molecule has 140 valence electrons. The molecule has 0 amide bonds. The number of aromatic hydroxyl groups is 1. The molecule has 0 aliphatic rings. The van der Waals surface area contributed by atoms with Crippen LogP contribution in [0.3, 0.4) is 0 Å².